The van der Waals surface area contributed by atoms with E-state index in [-0.39, 0.29) is 0 Å². The Labute approximate surface area is 269 Å². The van der Waals surface area contributed by atoms with Crippen LogP contribution in [0.3, 0.4) is 0 Å². The van der Waals surface area contributed by atoms with Crippen molar-refractivity contribution >= 4 is 44.5 Å². The van der Waals surface area contributed by atoms with Gasteiger partial charge in [-0.1, -0.05) is 153 Å². The van der Waals surface area contributed by atoms with E-state index in [0.29, 0.717) is 0 Å². The van der Waals surface area contributed by atoms with Crippen molar-refractivity contribution in [2.45, 2.75) is 0 Å². The molecule has 0 aromatic heterocycles. The molecule has 0 saturated carbocycles. The van der Waals surface area contributed by atoms with Gasteiger partial charge >= 0.3 is 0 Å². The second-order valence-electron chi connectivity index (χ2n) is 12.1. The van der Waals surface area contributed by atoms with Gasteiger partial charge in [0.25, 0.3) is 0 Å². The normalized spacial score (nSPS) is 11.7. The van der Waals surface area contributed by atoms with Crippen molar-refractivity contribution in [2.75, 3.05) is 0 Å². The van der Waals surface area contributed by atoms with Gasteiger partial charge in [-0.15, -0.1) is 0 Å². The quantitative estimate of drug-likeness (QED) is 0.177. The molecule has 0 saturated heterocycles. The summed E-state index contributed by atoms with van der Waals surface area (Å²) in [4.78, 5) is 0. The van der Waals surface area contributed by atoms with E-state index in [4.69, 9.17) is 0 Å². The third-order valence-electron chi connectivity index (χ3n) is 9.72. The van der Waals surface area contributed by atoms with Crippen LogP contribution in [0.25, 0.3) is 100 Å². The van der Waals surface area contributed by atoms with E-state index in [0.717, 1.165) is 11.1 Å². The molecule has 0 spiro atoms. The molecule has 0 N–H and O–H groups in total. The van der Waals surface area contributed by atoms with Gasteiger partial charge in [0.05, 0.1) is 0 Å². The van der Waals surface area contributed by atoms with Crippen LogP contribution in [-0.2, 0) is 0 Å². The van der Waals surface area contributed by atoms with E-state index in [1.165, 1.54) is 88.0 Å². The molecule has 0 fully saturated rings. The van der Waals surface area contributed by atoms with Crippen molar-refractivity contribution in [1.82, 2.24) is 0 Å². The third kappa shape index (κ3) is 3.81. The summed E-state index contributed by atoms with van der Waals surface area (Å²) in [6, 6.07) is 53.6. The van der Waals surface area contributed by atoms with Gasteiger partial charge in [0.15, 0.2) is 0 Å². The van der Waals surface area contributed by atoms with Crippen LogP contribution in [0.5, 0.6) is 0 Å². The van der Waals surface area contributed by atoms with Crippen molar-refractivity contribution < 1.29 is 0 Å². The maximum atomic E-state index is 4.07. The first-order valence-corrected chi connectivity index (χ1v) is 15.8. The number of hydrogen-bond acceptors (Lipinski definition) is 0. The average molecular weight is 583 g/mol. The second-order valence-corrected chi connectivity index (χ2v) is 12.1. The highest BCUT2D eigenvalue weighted by Gasteiger charge is 2.31. The SMILES string of the molecule is C=Cc1ccc(-c2ccc3c(-c4ccccc4)c4c(c(-c5ccccc5)c3c2)-c2cccc3c2c-4cc2ccccc23)cc1C=C. The Hall–Kier alpha value is -5.98. The molecule has 8 aromatic carbocycles. The molecular formula is C46H30. The van der Waals surface area contributed by atoms with Crippen molar-refractivity contribution in [1.29, 1.82) is 0 Å². The van der Waals surface area contributed by atoms with Gasteiger partial charge in [0, 0.05) is 0 Å². The third-order valence-corrected chi connectivity index (χ3v) is 9.72. The largest absolute Gasteiger partial charge is 0.0984 e. The smallest absolute Gasteiger partial charge is 0.000719 e. The summed E-state index contributed by atoms with van der Waals surface area (Å²) in [6.45, 7) is 8.08. The topological polar surface area (TPSA) is 0 Å². The van der Waals surface area contributed by atoms with Crippen LogP contribution >= 0.6 is 0 Å². The Kier molecular flexibility index (Phi) is 5.91. The van der Waals surface area contributed by atoms with Gasteiger partial charge in [-0.2, -0.15) is 0 Å². The number of fused-ring (bicyclic) bond motifs is 6. The Morgan fingerprint density at radius 1 is 0.348 bits per heavy atom. The van der Waals surface area contributed by atoms with E-state index in [1.807, 2.05) is 12.2 Å². The summed E-state index contributed by atoms with van der Waals surface area (Å²) >= 11 is 0. The molecule has 0 atom stereocenters. The summed E-state index contributed by atoms with van der Waals surface area (Å²) in [6.07, 6.45) is 3.81. The minimum absolute atomic E-state index is 1.09. The monoisotopic (exact) mass is 582 g/mol. The van der Waals surface area contributed by atoms with E-state index in [9.17, 15) is 0 Å². The van der Waals surface area contributed by atoms with Crippen LogP contribution < -0.4 is 0 Å². The van der Waals surface area contributed by atoms with Gasteiger partial charge in [-0.25, -0.2) is 0 Å². The van der Waals surface area contributed by atoms with E-state index < -0.39 is 0 Å². The summed E-state index contributed by atoms with van der Waals surface area (Å²) in [5.41, 5.74) is 14.8. The molecule has 0 heterocycles. The summed E-state index contributed by atoms with van der Waals surface area (Å²) in [7, 11) is 0. The molecule has 0 amide bonds. The molecular weight excluding hydrogens is 553 g/mol. The Bertz CT molecular complexity index is 2530. The van der Waals surface area contributed by atoms with Crippen LogP contribution in [0.15, 0.2) is 159 Å². The van der Waals surface area contributed by atoms with Gasteiger partial charge < -0.3 is 0 Å². The summed E-state index contributed by atoms with van der Waals surface area (Å²) < 4.78 is 0. The first kappa shape index (κ1) is 26.4. The van der Waals surface area contributed by atoms with Crippen LogP contribution in [-0.4, -0.2) is 0 Å². The fraction of sp³-hybridized carbons (Fsp3) is 0. The van der Waals surface area contributed by atoms with Gasteiger partial charge in [0.2, 0.25) is 0 Å². The molecule has 9 rings (SSSR count). The molecule has 214 valence electrons. The van der Waals surface area contributed by atoms with Crippen molar-refractivity contribution in [3.63, 3.8) is 0 Å². The lowest BCUT2D eigenvalue weighted by atomic mass is 9.81. The molecule has 0 radical (unpaired) electrons. The van der Waals surface area contributed by atoms with Crippen LogP contribution in [0, 0.1) is 0 Å². The van der Waals surface area contributed by atoms with Crippen molar-refractivity contribution in [2.24, 2.45) is 0 Å². The summed E-state index contributed by atoms with van der Waals surface area (Å²) in [5, 5.41) is 7.73. The highest BCUT2D eigenvalue weighted by atomic mass is 14.3. The highest BCUT2D eigenvalue weighted by molar-refractivity contribution is 6.31. The van der Waals surface area contributed by atoms with E-state index >= 15 is 0 Å². The zero-order valence-corrected chi connectivity index (χ0v) is 25.4. The lowest BCUT2D eigenvalue weighted by molar-refractivity contribution is 1.58. The average Bonchev–Trinajstić information content (AvgIpc) is 3.45. The Morgan fingerprint density at radius 2 is 0.957 bits per heavy atom. The zero-order chi connectivity index (χ0) is 30.8. The Morgan fingerprint density at radius 3 is 1.70 bits per heavy atom. The van der Waals surface area contributed by atoms with Crippen molar-refractivity contribution in [3.8, 4) is 55.6 Å². The maximum absolute atomic E-state index is 4.07. The molecule has 8 aromatic rings. The predicted molar refractivity (Wildman–Crippen MR) is 200 cm³/mol. The predicted octanol–water partition coefficient (Wildman–Crippen LogP) is 13.1. The van der Waals surface area contributed by atoms with Gasteiger partial charge in [0.1, 0.15) is 0 Å². The van der Waals surface area contributed by atoms with E-state index in [2.05, 4.69) is 159 Å². The molecule has 46 heavy (non-hydrogen) atoms. The van der Waals surface area contributed by atoms with Crippen LogP contribution in [0.2, 0.25) is 0 Å². The molecule has 0 aliphatic heterocycles. The molecule has 0 bridgehead atoms. The molecule has 0 nitrogen and oxygen atoms in total. The molecule has 1 aliphatic carbocycles. The van der Waals surface area contributed by atoms with Crippen LogP contribution in [0.4, 0.5) is 0 Å². The van der Waals surface area contributed by atoms with Gasteiger partial charge in [-0.3, -0.25) is 0 Å². The Balaban J connectivity index is 1.48. The lowest BCUT2D eigenvalue weighted by Gasteiger charge is -2.21. The van der Waals surface area contributed by atoms with Gasteiger partial charge in [-0.05, 0) is 117 Å². The van der Waals surface area contributed by atoms with Crippen molar-refractivity contribution in [3.05, 3.63) is 170 Å². The molecule has 0 heteroatoms. The van der Waals surface area contributed by atoms with E-state index in [1.54, 1.807) is 0 Å². The minimum atomic E-state index is 1.09. The second kappa shape index (κ2) is 10.3. The number of benzene rings is 8. The minimum Gasteiger partial charge on any atom is -0.0984 e. The maximum Gasteiger partial charge on any atom is -0.000719 e. The fourth-order valence-electron chi connectivity index (χ4n) is 7.70. The molecule has 1 aliphatic rings. The zero-order valence-electron chi connectivity index (χ0n) is 25.4. The van der Waals surface area contributed by atoms with Crippen LogP contribution in [0.1, 0.15) is 11.1 Å². The first-order valence-electron chi connectivity index (χ1n) is 15.8. The molecule has 0 unspecified atom stereocenters. The summed E-state index contributed by atoms with van der Waals surface area (Å²) in [5.74, 6) is 0. The number of hydrogen-bond donors (Lipinski definition) is 0. The first-order chi connectivity index (χ1) is 22.7. The standard InChI is InChI=1S/C46H30/c1-3-29-22-23-33(26-30(29)4-2)34-24-25-38-40(27-34)43(32-16-9-6-10-17-32)45-39-21-13-20-37-36-19-12-11-18-35(36)28-41(44(37)39)46(45)42(38)31-14-7-5-8-15-31/h3-28H,1-2H2. The number of rotatable bonds is 5. The highest BCUT2D eigenvalue weighted by Crippen LogP contribution is 2.58. The lowest BCUT2D eigenvalue weighted by Crippen LogP contribution is -1.94. The fourth-order valence-corrected chi connectivity index (χ4v) is 7.70.